The van der Waals surface area contributed by atoms with Gasteiger partial charge in [-0.2, -0.15) is 8.75 Å². The van der Waals surface area contributed by atoms with Crippen LogP contribution in [0.4, 0.5) is 40.4 Å². The normalized spacial score (nSPS) is 18.1. The second-order valence-electron chi connectivity index (χ2n) is 11.4. The zero-order valence-corrected chi connectivity index (χ0v) is 25.6. The predicted octanol–water partition coefficient (Wildman–Crippen LogP) is 4.71. The van der Waals surface area contributed by atoms with Crippen LogP contribution in [0.3, 0.4) is 0 Å². The van der Waals surface area contributed by atoms with E-state index in [0.29, 0.717) is 0 Å². The summed E-state index contributed by atoms with van der Waals surface area (Å²) in [6.07, 6.45) is -2.14. The number of cyclic esters (lactones) is 2. The Morgan fingerprint density at radius 2 is 1.56 bits per heavy atom. The molecule has 4 amide bonds. The molecule has 0 unspecified atom stereocenters. The highest BCUT2D eigenvalue weighted by Gasteiger charge is 2.37. The van der Waals surface area contributed by atoms with Gasteiger partial charge >= 0.3 is 18.3 Å². The van der Waals surface area contributed by atoms with E-state index >= 15 is 8.78 Å². The van der Waals surface area contributed by atoms with Crippen LogP contribution >= 0.6 is 11.7 Å². The Kier molecular flexibility index (Phi) is 8.86. The van der Waals surface area contributed by atoms with E-state index < -0.39 is 47.7 Å². The highest BCUT2D eigenvalue weighted by Crippen LogP contribution is 2.33. The van der Waals surface area contributed by atoms with Gasteiger partial charge in [-0.1, -0.05) is 0 Å². The molecule has 0 aliphatic carbocycles. The van der Waals surface area contributed by atoms with Crippen molar-refractivity contribution in [2.24, 2.45) is 0 Å². The van der Waals surface area contributed by atoms with Gasteiger partial charge in [0.15, 0.2) is 5.82 Å². The maximum atomic E-state index is 15.4. The number of hydrogen-bond acceptors (Lipinski definition) is 10. The van der Waals surface area contributed by atoms with Crippen LogP contribution < -0.4 is 20.0 Å². The molecule has 2 saturated heterocycles. The summed E-state index contributed by atoms with van der Waals surface area (Å²) in [6, 6.07) is 7.79. The van der Waals surface area contributed by atoms with Gasteiger partial charge in [0.05, 0.1) is 55.5 Å². The van der Waals surface area contributed by atoms with Gasteiger partial charge < -0.3 is 19.5 Å². The fourth-order valence-corrected chi connectivity index (χ4v) is 5.18. The van der Waals surface area contributed by atoms with Crippen LogP contribution in [0.25, 0.3) is 11.1 Å². The number of halogens is 2. The number of carbonyl (C=O) groups excluding carboxylic acids is 4. The van der Waals surface area contributed by atoms with Crippen LogP contribution in [0.15, 0.2) is 42.6 Å². The summed E-state index contributed by atoms with van der Waals surface area (Å²) in [5.74, 6) is -1.62. The first-order valence-electron chi connectivity index (χ1n) is 13.9. The van der Waals surface area contributed by atoms with Crippen molar-refractivity contribution in [3.63, 3.8) is 0 Å². The van der Waals surface area contributed by atoms with Crippen molar-refractivity contribution in [1.29, 1.82) is 0 Å². The van der Waals surface area contributed by atoms with Crippen molar-refractivity contribution in [2.45, 2.75) is 45.5 Å². The smallest absolute Gasteiger partial charge is 0.416 e. The molecule has 5 rings (SSSR count). The Hall–Kier alpha value is -4.86. The molecule has 2 fully saturated rings. The van der Waals surface area contributed by atoms with Crippen LogP contribution in [0, 0.1) is 11.6 Å². The lowest BCUT2D eigenvalue weighted by molar-refractivity contribution is -0.119. The van der Waals surface area contributed by atoms with E-state index in [0.717, 1.165) is 23.9 Å². The quantitative estimate of drug-likeness (QED) is 0.345. The number of hydrogen-bond donors (Lipinski definition) is 1. The van der Waals surface area contributed by atoms with Crippen LogP contribution in [-0.2, 0) is 19.0 Å². The zero-order valence-electron chi connectivity index (χ0n) is 24.8. The Bertz CT molecular complexity index is 1620. The summed E-state index contributed by atoms with van der Waals surface area (Å²) in [6.45, 7) is 6.62. The van der Waals surface area contributed by atoms with Gasteiger partial charge in [-0.25, -0.2) is 23.2 Å². The first-order chi connectivity index (χ1) is 21.3. The van der Waals surface area contributed by atoms with Crippen LogP contribution in [-0.4, -0.2) is 76.9 Å². The van der Waals surface area contributed by atoms with Gasteiger partial charge in [0.1, 0.15) is 29.4 Å². The molecule has 1 aromatic heterocycles. The van der Waals surface area contributed by atoms with Crippen molar-refractivity contribution in [2.75, 3.05) is 40.9 Å². The second kappa shape index (κ2) is 12.6. The van der Waals surface area contributed by atoms with Crippen LogP contribution in [0.2, 0.25) is 0 Å². The van der Waals surface area contributed by atoms with Crippen molar-refractivity contribution in [3.05, 3.63) is 54.2 Å². The van der Waals surface area contributed by atoms with Crippen molar-refractivity contribution >= 4 is 53.1 Å². The molecule has 2 atom stereocenters. The van der Waals surface area contributed by atoms with E-state index in [-0.39, 0.29) is 60.4 Å². The van der Waals surface area contributed by atoms with E-state index in [4.69, 9.17) is 14.2 Å². The maximum Gasteiger partial charge on any atom is 0.416 e. The summed E-state index contributed by atoms with van der Waals surface area (Å²) >= 11 is 0.900. The minimum absolute atomic E-state index is 0.00753. The van der Waals surface area contributed by atoms with Crippen LogP contribution in [0.1, 0.15) is 27.7 Å². The van der Waals surface area contributed by atoms with E-state index in [1.807, 2.05) is 0 Å². The zero-order chi connectivity index (χ0) is 32.5. The molecule has 3 aromatic rings. The van der Waals surface area contributed by atoms with E-state index in [2.05, 4.69) is 14.1 Å². The van der Waals surface area contributed by atoms with Crippen LogP contribution in [0.5, 0.6) is 0 Å². The minimum Gasteiger partial charge on any atom is -0.443 e. The molecule has 0 saturated carbocycles. The predicted molar refractivity (Wildman–Crippen MR) is 159 cm³/mol. The fraction of sp³-hybridized carbons (Fsp3) is 0.379. The van der Waals surface area contributed by atoms with Gasteiger partial charge in [-0.3, -0.25) is 19.5 Å². The SMILES string of the molecule is CC(=O)NC[C@H]1CN(c2ccc(-c3ccc(N4C[C@H](CN(C(=O)OC(C)(C)C)c5cnsn5)OC4=O)cc3F)c(F)c2)C(=O)O1. The van der Waals surface area contributed by atoms with Gasteiger partial charge in [-0.15, -0.1) is 0 Å². The molecule has 238 valence electrons. The van der Waals surface area contributed by atoms with Crippen molar-refractivity contribution in [3.8, 4) is 11.1 Å². The largest absolute Gasteiger partial charge is 0.443 e. The number of rotatable bonds is 8. The monoisotopic (exact) mass is 644 g/mol. The lowest BCUT2D eigenvalue weighted by atomic mass is 10.0. The lowest BCUT2D eigenvalue weighted by Gasteiger charge is -2.27. The van der Waals surface area contributed by atoms with E-state index in [1.54, 1.807) is 20.8 Å². The summed E-state index contributed by atoms with van der Waals surface area (Å²) in [5.41, 5.74) is -0.523. The van der Waals surface area contributed by atoms with Gasteiger partial charge in [0.2, 0.25) is 5.91 Å². The molecule has 2 aromatic carbocycles. The molecule has 3 heterocycles. The number of benzene rings is 2. The van der Waals surface area contributed by atoms with Crippen molar-refractivity contribution < 1.29 is 42.2 Å². The average molecular weight is 645 g/mol. The first kappa shape index (κ1) is 31.6. The molecule has 45 heavy (non-hydrogen) atoms. The minimum atomic E-state index is -0.797. The van der Waals surface area contributed by atoms with Gasteiger partial charge in [-0.05, 0) is 57.2 Å². The van der Waals surface area contributed by atoms with Crippen molar-refractivity contribution in [1.82, 2.24) is 14.1 Å². The first-order valence-corrected chi connectivity index (χ1v) is 14.6. The molecule has 2 aliphatic rings. The number of ether oxygens (including phenoxy) is 3. The van der Waals surface area contributed by atoms with Gasteiger partial charge in [0, 0.05) is 18.1 Å². The molecule has 13 nitrogen and oxygen atoms in total. The summed E-state index contributed by atoms with van der Waals surface area (Å²) in [4.78, 5) is 52.7. The molecule has 0 spiro atoms. The number of nitrogens with zero attached hydrogens (tertiary/aromatic N) is 5. The summed E-state index contributed by atoms with van der Waals surface area (Å²) in [5, 5.41) is 2.57. The molecule has 16 heteroatoms. The molecule has 1 N–H and O–H groups in total. The Labute approximate surface area is 261 Å². The second-order valence-corrected chi connectivity index (χ2v) is 11.9. The third kappa shape index (κ3) is 7.28. The maximum absolute atomic E-state index is 15.4. The number of nitrogens with one attached hydrogen (secondary N) is 1. The van der Waals surface area contributed by atoms with E-state index in [1.165, 1.54) is 52.1 Å². The Balaban J connectivity index is 1.28. The Morgan fingerprint density at radius 3 is 2.04 bits per heavy atom. The third-order valence-electron chi connectivity index (χ3n) is 6.77. The molecule has 2 aliphatic heterocycles. The molecule has 0 bridgehead atoms. The number of anilines is 3. The topological polar surface area (TPSA) is 144 Å². The number of aromatic nitrogens is 2. The third-order valence-corrected chi connectivity index (χ3v) is 7.24. The lowest BCUT2D eigenvalue weighted by Crippen LogP contribution is -2.42. The average Bonchev–Trinajstić information content (AvgIpc) is 3.70. The van der Waals surface area contributed by atoms with Gasteiger partial charge in [0.25, 0.3) is 0 Å². The number of carbonyl (C=O) groups is 4. The molecular weight excluding hydrogens is 614 g/mol. The summed E-state index contributed by atoms with van der Waals surface area (Å²) in [7, 11) is 0. The van der Waals surface area contributed by atoms with E-state index in [9.17, 15) is 19.2 Å². The molecule has 0 radical (unpaired) electrons. The highest BCUT2D eigenvalue weighted by atomic mass is 32.1. The summed E-state index contributed by atoms with van der Waals surface area (Å²) < 4.78 is 54.8. The Morgan fingerprint density at radius 1 is 1.00 bits per heavy atom. The number of amides is 4. The fourth-order valence-electron chi connectivity index (χ4n) is 4.77. The highest BCUT2D eigenvalue weighted by molar-refractivity contribution is 6.99. The molecular formula is C29H30F2N6O7S. The standard InChI is InChI=1S/C29H30F2N6O7S/c1-16(38)32-11-19-13-35(26(39)42-19)17-5-7-21(23(30)9-17)22-8-6-18(10-24(22)31)36-14-20(43-27(36)40)15-37(25-12-33-45-34-25)28(41)44-29(2,3)4/h5-10,12,19-20H,11,13-15H2,1-4H3,(H,32,38)/t19-,20+/m0/s1.